The SMILES string of the molecule is O=C(NC1CCCC1)[C@H](c1ccc(F)cc1)N(C(=O)c1cccs1)c1ccccc1F. The summed E-state index contributed by atoms with van der Waals surface area (Å²) in [6.45, 7) is 0. The van der Waals surface area contributed by atoms with Gasteiger partial charge in [0.25, 0.3) is 5.91 Å². The van der Waals surface area contributed by atoms with Gasteiger partial charge in [0.15, 0.2) is 0 Å². The quantitative estimate of drug-likeness (QED) is 0.552. The van der Waals surface area contributed by atoms with Crippen LogP contribution in [-0.4, -0.2) is 17.9 Å². The molecular formula is C24H22F2N2O2S. The van der Waals surface area contributed by atoms with E-state index in [1.54, 1.807) is 23.6 Å². The van der Waals surface area contributed by atoms with Crippen LogP contribution in [-0.2, 0) is 4.79 Å². The summed E-state index contributed by atoms with van der Waals surface area (Å²) in [4.78, 5) is 28.5. The average Bonchev–Trinajstić information content (AvgIpc) is 3.47. The highest BCUT2D eigenvalue weighted by molar-refractivity contribution is 7.12. The van der Waals surface area contributed by atoms with Gasteiger partial charge in [-0.15, -0.1) is 11.3 Å². The Hall–Kier alpha value is -3.06. The van der Waals surface area contributed by atoms with Crippen LogP contribution in [0.2, 0.25) is 0 Å². The van der Waals surface area contributed by atoms with Gasteiger partial charge >= 0.3 is 0 Å². The maximum Gasteiger partial charge on any atom is 0.269 e. The van der Waals surface area contributed by atoms with Gasteiger partial charge in [-0.1, -0.05) is 43.2 Å². The fraction of sp³-hybridized carbons (Fsp3) is 0.250. The van der Waals surface area contributed by atoms with E-state index < -0.39 is 29.5 Å². The van der Waals surface area contributed by atoms with Gasteiger partial charge in [-0.2, -0.15) is 0 Å². The van der Waals surface area contributed by atoms with Gasteiger partial charge in [-0.25, -0.2) is 8.78 Å². The Morgan fingerprint density at radius 3 is 2.32 bits per heavy atom. The molecule has 160 valence electrons. The van der Waals surface area contributed by atoms with Gasteiger partial charge in [0, 0.05) is 6.04 Å². The molecule has 3 aromatic rings. The van der Waals surface area contributed by atoms with Gasteiger partial charge in [0.2, 0.25) is 5.91 Å². The largest absolute Gasteiger partial charge is 0.351 e. The second-order valence-electron chi connectivity index (χ2n) is 7.55. The number of carbonyl (C=O) groups is 2. The molecule has 0 bridgehead atoms. The minimum absolute atomic E-state index is 0.00297. The Kier molecular flexibility index (Phi) is 6.42. The van der Waals surface area contributed by atoms with Crippen LogP contribution < -0.4 is 10.2 Å². The van der Waals surface area contributed by atoms with E-state index in [-0.39, 0.29) is 11.7 Å². The van der Waals surface area contributed by atoms with E-state index in [0.29, 0.717) is 10.4 Å². The lowest BCUT2D eigenvalue weighted by Crippen LogP contribution is -2.46. The Bertz CT molecular complexity index is 1050. The van der Waals surface area contributed by atoms with Crippen molar-refractivity contribution < 1.29 is 18.4 Å². The number of rotatable bonds is 6. The van der Waals surface area contributed by atoms with Crippen LogP contribution in [0.5, 0.6) is 0 Å². The Balaban J connectivity index is 1.82. The van der Waals surface area contributed by atoms with E-state index in [1.165, 1.54) is 58.7 Å². The number of anilines is 1. The summed E-state index contributed by atoms with van der Waals surface area (Å²) >= 11 is 1.21. The second kappa shape index (κ2) is 9.39. The summed E-state index contributed by atoms with van der Waals surface area (Å²) in [7, 11) is 0. The van der Waals surface area contributed by atoms with E-state index >= 15 is 0 Å². The normalized spacial score (nSPS) is 14.9. The number of nitrogens with zero attached hydrogens (tertiary/aromatic N) is 1. The zero-order chi connectivity index (χ0) is 21.8. The number of hydrogen-bond donors (Lipinski definition) is 1. The topological polar surface area (TPSA) is 49.4 Å². The highest BCUT2D eigenvalue weighted by atomic mass is 32.1. The second-order valence-corrected chi connectivity index (χ2v) is 8.50. The average molecular weight is 441 g/mol. The van der Waals surface area contributed by atoms with Crippen LogP contribution in [0.3, 0.4) is 0 Å². The number of halogens is 2. The van der Waals surface area contributed by atoms with Crippen LogP contribution in [0, 0.1) is 11.6 Å². The first-order valence-electron chi connectivity index (χ1n) is 10.2. The summed E-state index contributed by atoms with van der Waals surface area (Å²) in [5.41, 5.74) is 0.404. The predicted molar refractivity (Wildman–Crippen MR) is 117 cm³/mol. The highest BCUT2D eigenvalue weighted by Gasteiger charge is 2.36. The number of carbonyl (C=O) groups excluding carboxylic acids is 2. The minimum atomic E-state index is -1.15. The zero-order valence-corrected chi connectivity index (χ0v) is 17.6. The fourth-order valence-electron chi connectivity index (χ4n) is 3.94. The third-order valence-corrected chi connectivity index (χ3v) is 6.31. The Morgan fingerprint density at radius 2 is 1.68 bits per heavy atom. The van der Waals surface area contributed by atoms with E-state index in [2.05, 4.69) is 5.32 Å². The van der Waals surface area contributed by atoms with Gasteiger partial charge in [-0.3, -0.25) is 14.5 Å². The molecule has 1 aliphatic carbocycles. The van der Waals surface area contributed by atoms with Crippen molar-refractivity contribution in [2.45, 2.75) is 37.8 Å². The lowest BCUT2D eigenvalue weighted by Gasteiger charge is -2.32. The number of nitrogens with one attached hydrogen (secondary N) is 1. The standard InChI is InChI=1S/C24H22F2N2O2S/c25-17-13-11-16(12-14-17)22(23(29)27-18-6-1-2-7-18)28(20-9-4-3-8-19(20)26)24(30)21-10-5-15-31-21/h3-5,8-15,18,22H,1-2,6-7H2,(H,27,29)/t22-/m0/s1. The molecule has 1 saturated carbocycles. The molecule has 0 unspecified atom stereocenters. The van der Waals surface area contributed by atoms with Crippen LogP contribution in [0.15, 0.2) is 66.0 Å². The van der Waals surface area contributed by atoms with Crippen LogP contribution in [0.25, 0.3) is 0 Å². The molecule has 1 fully saturated rings. The molecule has 2 amide bonds. The lowest BCUT2D eigenvalue weighted by atomic mass is 10.0. The third kappa shape index (κ3) is 4.66. The van der Waals surface area contributed by atoms with Crippen molar-refractivity contribution in [3.05, 3.63) is 88.1 Å². The van der Waals surface area contributed by atoms with Gasteiger partial charge in [0.05, 0.1) is 10.6 Å². The van der Waals surface area contributed by atoms with E-state index in [9.17, 15) is 18.4 Å². The van der Waals surface area contributed by atoms with Gasteiger partial charge < -0.3 is 5.32 Å². The summed E-state index contributed by atoms with van der Waals surface area (Å²) in [6.07, 6.45) is 3.77. The van der Waals surface area contributed by atoms with Crippen LogP contribution >= 0.6 is 11.3 Å². The first-order chi connectivity index (χ1) is 15.0. The van der Waals surface area contributed by atoms with Crippen molar-refractivity contribution >= 4 is 28.8 Å². The maximum absolute atomic E-state index is 14.9. The van der Waals surface area contributed by atoms with Gasteiger partial charge in [0.1, 0.15) is 17.7 Å². The minimum Gasteiger partial charge on any atom is -0.351 e. The van der Waals surface area contributed by atoms with E-state index in [4.69, 9.17) is 0 Å². The lowest BCUT2D eigenvalue weighted by molar-refractivity contribution is -0.123. The van der Waals surface area contributed by atoms with Gasteiger partial charge in [-0.05, 0) is 54.1 Å². The third-order valence-electron chi connectivity index (χ3n) is 5.46. The molecule has 0 saturated heterocycles. The monoisotopic (exact) mass is 440 g/mol. The number of benzene rings is 2. The summed E-state index contributed by atoms with van der Waals surface area (Å²) in [5, 5.41) is 4.76. The maximum atomic E-state index is 14.9. The summed E-state index contributed by atoms with van der Waals surface area (Å²) in [5.74, 6) is -1.98. The molecule has 1 atom stereocenters. The molecular weight excluding hydrogens is 418 g/mol. The van der Waals surface area contributed by atoms with E-state index in [0.717, 1.165) is 25.7 Å². The molecule has 0 radical (unpaired) electrons. The van der Waals surface area contributed by atoms with Crippen molar-refractivity contribution in [3.8, 4) is 0 Å². The molecule has 7 heteroatoms. The molecule has 1 N–H and O–H groups in total. The van der Waals surface area contributed by atoms with Crippen molar-refractivity contribution in [3.63, 3.8) is 0 Å². The van der Waals surface area contributed by atoms with Crippen LogP contribution in [0.1, 0.15) is 47.0 Å². The van der Waals surface area contributed by atoms with Crippen molar-refractivity contribution in [1.82, 2.24) is 5.32 Å². The molecule has 4 rings (SSSR count). The number of thiophene rings is 1. The molecule has 1 heterocycles. The number of para-hydroxylation sites is 1. The smallest absolute Gasteiger partial charge is 0.269 e. The van der Waals surface area contributed by atoms with Crippen LogP contribution in [0.4, 0.5) is 14.5 Å². The Labute approximate surface area is 183 Å². The number of hydrogen-bond acceptors (Lipinski definition) is 3. The molecule has 1 aliphatic rings. The first-order valence-corrected chi connectivity index (χ1v) is 11.1. The number of amides is 2. The molecule has 4 nitrogen and oxygen atoms in total. The van der Waals surface area contributed by atoms with Crippen molar-refractivity contribution in [2.75, 3.05) is 4.90 Å². The molecule has 2 aromatic carbocycles. The molecule has 0 spiro atoms. The highest BCUT2D eigenvalue weighted by Crippen LogP contribution is 2.33. The van der Waals surface area contributed by atoms with E-state index in [1.807, 2.05) is 0 Å². The van der Waals surface area contributed by atoms with Crippen molar-refractivity contribution in [2.24, 2.45) is 0 Å². The first kappa shape index (κ1) is 21.2. The Morgan fingerprint density at radius 1 is 0.968 bits per heavy atom. The zero-order valence-electron chi connectivity index (χ0n) is 16.8. The predicted octanol–water partition coefficient (Wildman–Crippen LogP) is 5.47. The molecule has 1 aromatic heterocycles. The molecule has 31 heavy (non-hydrogen) atoms. The summed E-state index contributed by atoms with van der Waals surface area (Å²) in [6, 6.07) is 13.5. The molecule has 0 aliphatic heterocycles. The van der Waals surface area contributed by atoms with Crippen molar-refractivity contribution in [1.29, 1.82) is 0 Å². The fourth-order valence-corrected chi connectivity index (χ4v) is 4.60. The summed E-state index contributed by atoms with van der Waals surface area (Å²) < 4.78 is 28.5.